The van der Waals surface area contributed by atoms with Crippen LogP contribution in [0, 0.1) is 5.92 Å². The van der Waals surface area contributed by atoms with Crippen molar-refractivity contribution in [3.05, 3.63) is 60.2 Å². The minimum absolute atomic E-state index is 0.0114. The van der Waals surface area contributed by atoms with E-state index in [1.165, 1.54) is 0 Å². The largest absolute Gasteiger partial charge is 0.508 e. The van der Waals surface area contributed by atoms with E-state index in [4.69, 9.17) is 0 Å². The Bertz CT molecular complexity index is 718. The summed E-state index contributed by atoms with van der Waals surface area (Å²) in [5.41, 5.74) is 1.53. The Labute approximate surface area is 140 Å². The highest BCUT2D eigenvalue weighted by Gasteiger charge is 2.37. The molecular weight excluding hydrogens is 304 g/mol. The number of carbonyl (C=O) groups excluding carboxylic acids is 2. The topological polar surface area (TPSA) is 69.6 Å². The van der Waals surface area contributed by atoms with E-state index in [1.807, 2.05) is 42.5 Å². The van der Waals surface area contributed by atoms with E-state index in [2.05, 4.69) is 5.32 Å². The minimum Gasteiger partial charge on any atom is -0.508 e. The van der Waals surface area contributed by atoms with Gasteiger partial charge in [0.05, 0.1) is 0 Å². The number of phenolic OH excluding ortho intramolecular Hbond substituents is 1. The lowest BCUT2D eigenvalue weighted by molar-refractivity contribution is -0.108. The fraction of sp³-hybridized carbons (Fsp3) is 0.263. The highest BCUT2D eigenvalue weighted by molar-refractivity contribution is 5.89. The molecule has 1 aliphatic heterocycles. The molecule has 2 amide bonds. The van der Waals surface area contributed by atoms with Crippen LogP contribution in [-0.2, 0) is 4.79 Å². The van der Waals surface area contributed by atoms with Gasteiger partial charge in [0.2, 0.25) is 0 Å². The molecule has 24 heavy (non-hydrogen) atoms. The zero-order chi connectivity index (χ0) is 16.9. The van der Waals surface area contributed by atoms with Crippen LogP contribution in [0.5, 0.6) is 5.75 Å². The monoisotopic (exact) mass is 324 g/mol. The van der Waals surface area contributed by atoms with Crippen LogP contribution in [-0.4, -0.2) is 35.4 Å². The first-order chi connectivity index (χ1) is 11.7. The maximum absolute atomic E-state index is 12.5. The molecule has 3 rings (SSSR count). The lowest BCUT2D eigenvalue weighted by Gasteiger charge is -2.18. The van der Waals surface area contributed by atoms with Crippen molar-refractivity contribution in [2.75, 3.05) is 18.4 Å². The van der Waals surface area contributed by atoms with Crippen molar-refractivity contribution in [1.29, 1.82) is 0 Å². The zero-order valence-corrected chi connectivity index (χ0v) is 13.3. The molecule has 5 nitrogen and oxygen atoms in total. The van der Waals surface area contributed by atoms with Crippen molar-refractivity contribution in [3.63, 3.8) is 0 Å². The normalized spacial score (nSPS) is 19.9. The van der Waals surface area contributed by atoms with Gasteiger partial charge in [0.25, 0.3) is 0 Å². The fourth-order valence-corrected chi connectivity index (χ4v) is 3.28. The Morgan fingerprint density at radius 1 is 1.12 bits per heavy atom. The van der Waals surface area contributed by atoms with Crippen molar-refractivity contribution in [1.82, 2.24) is 4.90 Å². The van der Waals surface area contributed by atoms with Gasteiger partial charge in [-0.3, -0.25) is 0 Å². The summed E-state index contributed by atoms with van der Waals surface area (Å²) >= 11 is 0. The highest BCUT2D eigenvalue weighted by atomic mass is 16.3. The Morgan fingerprint density at radius 3 is 2.54 bits per heavy atom. The lowest BCUT2D eigenvalue weighted by atomic mass is 9.87. The Kier molecular flexibility index (Phi) is 4.79. The number of amides is 2. The molecule has 2 aromatic carbocycles. The fourth-order valence-electron chi connectivity index (χ4n) is 3.28. The predicted molar refractivity (Wildman–Crippen MR) is 92.1 cm³/mol. The van der Waals surface area contributed by atoms with Gasteiger partial charge in [0.15, 0.2) is 0 Å². The number of aromatic hydroxyl groups is 1. The molecule has 5 heteroatoms. The Balaban J connectivity index is 1.76. The molecule has 1 heterocycles. The Hall–Kier alpha value is -2.82. The summed E-state index contributed by atoms with van der Waals surface area (Å²) in [6, 6.07) is 16.2. The molecule has 1 saturated heterocycles. The summed E-state index contributed by atoms with van der Waals surface area (Å²) in [5.74, 6) is 0.180. The maximum atomic E-state index is 12.5. The van der Waals surface area contributed by atoms with E-state index in [9.17, 15) is 14.7 Å². The first-order valence-corrected chi connectivity index (χ1v) is 8.01. The summed E-state index contributed by atoms with van der Waals surface area (Å²) in [6.45, 7) is 0.977. The third-order valence-corrected chi connectivity index (χ3v) is 4.49. The SMILES string of the molecule is O=CC[C@H]1CN(C(=O)Nc2ccccc2)C[C@H]1c1ccccc1O. The number of phenols is 1. The van der Waals surface area contributed by atoms with Crippen LogP contribution in [0.3, 0.4) is 0 Å². The van der Waals surface area contributed by atoms with Crippen LogP contribution < -0.4 is 5.32 Å². The second-order valence-corrected chi connectivity index (χ2v) is 6.03. The average Bonchev–Trinajstić information content (AvgIpc) is 3.00. The van der Waals surface area contributed by atoms with Crippen LogP contribution in [0.25, 0.3) is 0 Å². The van der Waals surface area contributed by atoms with Crippen LogP contribution in [0.4, 0.5) is 10.5 Å². The molecule has 2 atom stereocenters. The number of rotatable bonds is 4. The van der Waals surface area contributed by atoms with Crippen molar-refractivity contribution in [2.45, 2.75) is 12.3 Å². The number of nitrogens with zero attached hydrogens (tertiary/aromatic N) is 1. The van der Waals surface area contributed by atoms with Crippen molar-refractivity contribution in [3.8, 4) is 5.75 Å². The number of nitrogens with one attached hydrogen (secondary N) is 1. The molecule has 0 aromatic heterocycles. The summed E-state index contributed by atoms with van der Waals surface area (Å²) < 4.78 is 0. The molecule has 0 unspecified atom stereocenters. The molecule has 0 saturated carbocycles. The number of likely N-dealkylation sites (tertiary alicyclic amines) is 1. The van der Waals surface area contributed by atoms with Gasteiger partial charge in [-0.1, -0.05) is 36.4 Å². The summed E-state index contributed by atoms with van der Waals surface area (Å²) in [7, 11) is 0. The lowest BCUT2D eigenvalue weighted by Crippen LogP contribution is -2.33. The smallest absolute Gasteiger partial charge is 0.321 e. The van der Waals surface area contributed by atoms with E-state index >= 15 is 0 Å². The third kappa shape index (κ3) is 3.40. The van der Waals surface area contributed by atoms with Gasteiger partial charge < -0.3 is 20.1 Å². The number of benzene rings is 2. The Morgan fingerprint density at radius 2 is 1.83 bits per heavy atom. The zero-order valence-electron chi connectivity index (χ0n) is 13.3. The molecule has 0 aliphatic carbocycles. The number of carbonyl (C=O) groups is 2. The summed E-state index contributed by atoms with van der Waals surface area (Å²) in [5, 5.41) is 13.0. The number of anilines is 1. The number of urea groups is 1. The summed E-state index contributed by atoms with van der Waals surface area (Å²) in [4.78, 5) is 25.2. The maximum Gasteiger partial charge on any atom is 0.321 e. The van der Waals surface area contributed by atoms with Crippen LogP contribution in [0.1, 0.15) is 17.9 Å². The van der Waals surface area contributed by atoms with Gasteiger partial charge in [0, 0.05) is 31.1 Å². The van der Waals surface area contributed by atoms with Gasteiger partial charge in [-0.25, -0.2) is 4.79 Å². The first-order valence-electron chi connectivity index (χ1n) is 8.01. The third-order valence-electron chi connectivity index (χ3n) is 4.49. The molecule has 0 bridgehead atoms. The molecule has 2 N–H and O–H groups in total. The van der Waals surface area contributed by atoms with E-state index in [0.717, 1.165) is 17.5 Å². The van der Waals surface area contributed by atoms with Gasteiger partial charge in [-0.2, -0.15) is 0 Å². The second kappa shape index (κ2) is 7.17. The molecule has 1 aliphatic rings. The van der Waals surface area contributed by atoms with Gasteiger partial charge >= 0.3 is 6.03 Å². The molecule has 0 radical (unpaired) electrons. The van der Waals surface area contributed by atoms with Crippen LogP contribution in [0.15, 0.2) is 54.6 Å². The molecule has 1 fully saturated rings. The number of hydrogen-bond acceptors (Lipinski definition) is 3. The number of aldehydes is 1. The molecule has 124 valence electrons. The standard InChI is InChI=1S/C19H20N2O3/c22-11-10-14-12-21(19(24)20-15-6-2-1-3-7-15)13-17(14)16-8-4-5-9-18(16)23/h1-9,11,14,17,23H,10,12-13H2,(H,20,24)/t14-,17+/m0/s1. The van der Waals surface area contributed by atoms with E-state index in [-0.39, 0.29) is 23.6 Å². The molecule has 0 spiro atoms. The van der Waals surface area contributed by atoms with E-state index < -0.39 is 0 Å². The molecule has 2 aromatic rings. The van der Waals surface area contributed by atoms with Crippen molar-refractivity contribution >= 4 is 18.0 Å². The van der Waals surface area contributed by atoms with E-state index in [1.54, 1.807) is 17.0 Å². The van der Waals surface area contributed by atoms with Crippen molar-refractivity contribution in [2.24, 2.45) is 5.92 Å². The second-order valence-electron chi connectivity index (χ2n) is 6.03. The van der Waals surface area contributed by atoms with Gasteiger partial charge in [-0.05, 0) is 29.7 Å². The average molecular weight is 324 g/mol. The quantitative estimate of drug-likeness (QED) is 0.848. The van der Waals surface area contributed by atoms with Crippen molar-refractivity contribution < 1.29 is 14.7 Å². The highest BCUT2D eigenvalue weighted by Crippen LogP contribution is 2.38. The first kappa shape index (κ1) is 16.1. The van der Waals surface area contributed by atoms with Gasteiger partial charge in [0.1, 0.15) is 12.0 Å². The number of para-hydroxylation sites is 2. The minimum atomic E-state index is -0.185. The van der Waals surface area contributed by atoms with Gasteiger partial charge in [-0.15, -0.1) is 0 Å². The van der Waals surface area contributed by atoms with Crippen LogP contribution >= 0.6 is 0 Å². The molecular formula is C19H20N2O3. The summed E-state index contributed by atoms with van der Waals surface area (Å²) in [6.07, 6.45) is 1.25. The predicted octanol–water partition coefficient (Wildman–Crippen LogP) is 3.23. The van der Waals surface area contributed by atoms with Crippen LogP contribution in [0.2, 0.25) is 0 Å². The van der Waals surface area contributed by atoms with E-state index in [0.29, 0.717) is 19.5 Å². The number of hydrogen-bond donors (Lipinski definition) is 2.